The summed E-state index contributed by atoms with van der Waals surface area (Å²) in [6, 6.07) is 0. The van der Waals surface area contributed by atoms with Gasteiger partial charge >= 0.3 is 5.97 Å². The molecule has 4 nitrogen and oxygen atoms in total. The van der Waals surface area contributed by atoms with Crippen LogP contribution in [0.25, 0.3) is 0 Å². The Morgan fingerprint density at radius 2 is 1.97 bits per heavy atom. The topological polar surface area (TPSA) is 66.8 Å². The zero-order chi connectivity index (χ0) is 21.8. The normalized spacial score (nSPS) is 48.8. The number of carbonyl (C=O) groups excluding carboxylic acids is 1. The molecule has 0 radical (unpaired) electrons. The summed E-state index contributed by atoms with van der Waals surface area (Å²) in [7, 11) is 1.45. The maximum Gasteiger partial charge on any atom is 0.305 e. The van der Waals surface area contributed by atoms with Gasteiger partial charge in [0.25, 0.3) is 0 Å². The lowest BCUT2D eigenvalue weighted by Gasteiger charge is -2.61. The summed E-state index contributed by atoms with van der Waals surface area (Å²) in [6.07, 6.45) is 7.08. The van der Waals surface area contributed by atoms with Crippen LogP contribution in [0.1, 0.15) is 72.1 Å². The number of aliphatic hydroxyl groups excluding tert-OH is 2. The molecule has 4 unspecified atom stereocenters. The van der Waals surface area contributed by atoms with Gasteiger partial charge < -0.3 is 14.9 Å². The first-order chi connectivity index (χ1) is 14.1. The fourth-order valence-corrected chi connectivity index (χ4v) is 8.44. The van der Waals surface area contributed by atoms with Crippen molar-refractivity contribution in [3.8, 4) is 0 Å². The standard InChI is InChI=1S/C25H39FO4/c1-14(5-8-22(29)30-4)16-6-7-17-23-18(9-10-24(16,17)2)25(3)13-19(26)20(27)11-15(25)12-21(23)28/h13-18,20-21,23,27-28H,5-12H2,1-4H3/t14-,15+,16-,17?,18?,20-,21?,23?,24-,25+/m1/s1. The summed E-state index contributed by atoms with van der Waals surface area (Å²) in [4.78, 5) is 11.6. The van der Waals surface area contributed by atoms with Gasteiger partial charge in [-0.25, -0.2) is 4.39 Å². The molecule has 0 bridgehead atoms. The van der Waals surface area contributed by atoms with Crippen molar-refractivity contribution in [2.45, 2.75) is 84.3 Å². The Morgan fingerprint density at radius 3 is 2.67 bits per heavy atom. The molecule has 0 amide bonds. The summed E-state index contributed by atoms with van der Waals surface area (Å²) < 4.78 is 19.3. The van der Waals surface area contributed by atoms with Gasteiger partial charge in [0.2, 0.25) is 0 Å². The first-order valence-electron chi connectivity index (χ1n) is 11.9. The highest BCUT2D eigenvalue weighted by Crippen LogP contribution is 2.68. The van der Waals surface area contributed by atoms with Crippen molar-refractivity contribution >= 4 is 5.97 Å². The molecule has 170 valence electrons. The molecule has 3 saturated carbocycles. The van der Waals surface area contributed by atoms with E-state index in [9.17, 15) is 19.4 Å². The van der Waals surface area contributed by atoms with E-state index in [0.717, 1.165) is 32.1 Å². The van der Waals surface area contributed by atoms with Crippen molar-refractivity contribution in [1.82, 2.24) is 0 Å². The second-order valence-corrected chi connectivity index (χ2v) is 11.3. The van der Waals surface area contributed by atoms with Gasteiger partial charge in [-0.05, 0) is 97.4 Å². The zero-order valence-corrected chi connectivity index (χ0v) is 18.9. The van der Waals surface area contributed by atoms with Crippen molar-refractivity contribution in [1.29, 1.82) is 0 Å². The summed E-state index contributed by atoms with van der Waals surface area (Å²) in [6.45, 7) is 6.84. The maximum absolute atomic E-state index is 14.5. The van der Waals surface area contributed by atoms with Gasteiger partial charge in [0.05, 0.1) is 13.2 Å². The van der Waals surface area contributed by atoms with E-state index in [2.05, 4.69) is 20.8 Å². The number of hydrogen-bond donors (Lipinski definition) is 2. The van der Waals surface area contributed by atoms with Gasteiger partial charge in [-0.1, -0.05) is 20.8 Å². The number of esters is 1. The first-order valence-corrected chi connectivity index (χ1v) is 11.9. The van der Waals surface area contributed by atoms with Gasteiger partial charge in [0, 0.05) is 6.42 Å². The number of aliphatic hydroxyl groups is 2. The Balaban J connectivity index is 1.57. The second-order valence-electron chi connectivity index (χ2n) is 11.3. The van der Waals surface area contributed by atoms with Crippen LogP contribution in [0.5, 0.6) is 0 Å². The molecule has 0 spiro atoms. The Bertz CT molecular complexity index is 707. The third kappa shape index (κ3) is 3.35. The number of halogens is 1. The Hall–Kier alpha value is -0.940. The zero-order valence-electron chi connectivity index (χ0n) is 18.9. The van der Waals surface area contributed by atoms with Gasteiger partial charge in [-0.15, -0.1) is 0 Å². The number of ether oxygens (including phenoxy) is 1. The molecule has 0 aromatic carbocycles. The van der Waals surface area contributed by atoms with Crippen molar-refractivity contribution in [3.05, 3.63) is 11.9 Å². The Labute approximate surface area is 180 Å². The molecule has 3 fully saturated rings. The van der Waals surface area contributed by atoms with Crippen LogP contribution >= 0.6 is 0 Å². The fourth-order valence-electron chi connectivity index (χ4n) is 8.44. The monoisotopic (exact) mass is 422 g/mol. The van der Waals surface area contributed by atoms with E-state index in [-0.39, 0.29) is 46.5 Å². The molecular weight excluding hydrogens is 383 g/mol. The van der Waals surface area contributed by atoms with Crippen LogP contribution in [-0.2, 0) is 9.53 Å². The number of carbonyl (C=O) groups is 1. The number of hydrogen-bond acceptors (Lipinski definition) is 4. The van der Waals surface area contributed by atoms with E-state index in [1.807, 2.05) is 0 Å². The lowest BCUT2D eigenvalue weighted by molar-refractivity contribution is -0.149. The van der Waals surface area contributed by atoms with E-state index in [1.165, 1.54) is 7.11 Å². The van der Waals surface area contributed by atoms with Crippen LogP contribution in [0.2, 0.25) is 0 Å². The number of allylic oxidation sites excluding steroid dienone is 1. The second kappa shape index (κ2) is 7.88. The van der Waals surface area contributed by atoms with Crippen LogP contribution in [0.15, 0.2) is 11.9 Å². The minimum atomic E-state index is -1.01. The molecule has 0 heterocycles. The SMILES string of the molecule is COC(=O)CC[C@@H](C)[C@H]1CCC2C3C(O)C[C@@H]4C[C@@H](O)C(F)=C[C@]4(C)C3CC[C@@]21C. The Kier molecular flexibility index (Phi) is 5.85. The van der Waals surface area contributed by atoms with E-state index in [1.54, 1.807) is 6.08 Å². The largest absolute Gasteiger partial charge is 0.469 e. The summed E-state index contributed by atoms with van der Waals surface area (Å²) >= 11 is 0. The van der Waals surface area contributed by atoms with Crippen LogP contribution in [0.4, 0.5) is 4.39 Å². The predicted octanol–water partition coefficient (Wildman–Crippen LogP) is 4.64. The quantitative estimate of drug-likeness (QED) is 0.648. The highest BCUT2D eigenvalue weighted by molar-refractivity contribution is 5.69. The van der Waals surface area contributed by atoms with Crippen molar-refractivity contribution in [2.24, 2.45) is 46.3 Å². The van der Waals surface area contributed by atoms with Crippen molar-refractivity contribution < 1.29 is 24.1 Å². The number of rotatable bonds is 4. The average molecular weight is 423 g/mol. The molecule has 4 aliphatic rings. The molecule has 10 atom stereocenters. The highest BCUT2D eigenvalue weighted by Gasteiger charge is 2.62. The van der Waals surface area contributed by atoms with Gasteiger partial charge in [0.15, 0.2) is 0 Å². The average Bonchev–Trinajstić information content (AvgIpc) is 3.05. The molecule has 0 aromatic rings. The smallest absolute Gasteiger partial charge is 0.305 e. The molecule has 0 aliphatic heterocycles. The van der Waals surface area contributed by atoms with E-state index in [4.69, 9.17) is 4.74 Å². The van der Waals surface area contributed by atoms with Crippen molar-refractivity contribution in [3.63, 3.8) is 0 Å². The Morgan fingerprint density at radius 1 is 1.23 bits per heavy atom. The molecular formula is C25H39FO4. The summed E-state index contributed by atoms with van der Waals surface area (Å²) in [5.41, 5.74) is -0.111. The lowest BCUT2D eigenvalue weighted by atomic mass is 9.44. The minimum absolute atomic E-state index is 0.139. The van der Waals surface area contributed by atoms with Gasteiger partial charge in [-0.3, -0.25) is 4.79 Å². The molecule has 30 heavy (non-hydrogen) atoms. The molecule has 0 aromatic heterocycles. The molecule has 4 aliphatic carbocycles. The first kappa shape index (κ1) is 22.3. The fraction of sp³-hybridized carbons (Fsp3) is 0.880. The number of fused-ring (bicyclic) bond motifs is 5. The maximum atomic E-state index is 14.5. The summed E-state index contributed by atoms with van der Waals surface area (Å²) in [5, 5.41) is 21.3. The van der Waals surface area contributed by atoms with Gasteiger partial charge in [0.1, 0.15) is 11.9 Å². The van der Waals surface area contributed by atoms with E-state index >= 15 is 0 Å². The van der Waals surface area contributed by atoms with E-state index in [0.29, 0.717) is 37.0 Å². The van der Waals surface area contributed by atoms with Gasteiger partial charge in [-0.2, -0.15) is 0 Å². The third-order valence-electron chi connectivity index (χ3n) is 10.0. The van der Waals surface area contributed by atoms with Crippen LogP contribution in [0, 0.1) is 46.3 Å². The number of methoxy groups -OCH3 is 1. The predicted molar refractivity (Wildman–Crippen MR) is 113 cm³/mol. The lowest BCUT2D eigenvalue weighted by Crippen LogP contribution is -2.58. The van der Waals surface area contributed by atoms with Crippen LogP contribution in [0.3, 0.4) is 0 Å². The minimum Gasteiger partial charge on any atom is -0.469 e. The van der Waals surface area contributed by atoms with E-state index < -0.39 is 6.10 Å². The van der Waals surface area contributed by atoms with Crippen LogP contribution in [-0.4, -0.2) is 35.5 Å². The molecule has 0 saturated heterocycles. The van der Waals surface area contributed by atoms with Crippen LogP contribution < -0.4 is 0 Å². The van der Waals surface area contributed by atoms with Crippen molar-refractivity contribution in [2.75, 3.05) is 7.11 Å². The molecule has 5 heteroatoms. The molecule has 2 N–H and O–H groups in total. The highest BCUT2D eigenvalue weighted by atomic mass is 19.1. The third-order valence-corrected chi connectivity index (χ3v) is 10.0. The molecule has 4 rings (SSSR count). The summed E-state index contributed by atoms with van der Waals surface area (Å²) in [5.74, 6) is 1.53.